The predicted octanol–water partition coefficient (Wildman–Crippen LogP) is 6.93. The van der Waals surface area contributed by atoms with E-state index in [4.69, 9.17) is 0 Å². The van der Waals surface area contributed by atoms with E-state index in [1.807, 2.05) is 30.3 Å². The first kappa shape index (κ1) is 20.5. The first-order valence-corrected chi connectivity index (χ1v) is 14.6. The van der Waals surface area contributed by atoms with Gasteiger partial charge in [0.15, 0.2) is 0 Å². The third kappa shape index (κ3) is 3.61. The molecule has 0 spiro atoms. The van der Waals surface area contributed by atoms with Crippen LogP contribution in [0.5, 0.6) is 0 Å². The van der Waals surface area contributed by atoms with Gasteiger partial charge in [-0.15, -0.1) is 0 Å². The summed E-state index contributed by atoms with van der Waals surface area (Å²) < 4.78 is 15.8. The van der Waals surface area contributed by atoms with Crippen molar-refractivity contribution in [3.05, 3.63) is 125 Å². The molecule has 4 heteroatoms. The van der Waals surface area contributed by atoms with Gasteiger partial charge in [-0.3, -0.25) is 0 Å². The van der Waals surface area contributed by atoms with Crippen molar-refractivity contribution < 1.29 is 4.39 Å². The second kappa shape index (κ2) is 8.14. The first-order chi connectivity index (χ1) is 14.0. The van der Waals surface area contributed by atoms with E-state index >= 15 is 4.39 Å². The summed E-state index contributed by atoms with van der Waals surface area (Å²) in [5.74, 6) is -0.199. The molecule has 0 aromatic heterocycles. The van der Waals surface area contributed by atoms with Crippen LogP contribution >= 0.6 is 36.7 Å². The third-order valence-corrected chi connectivity index (χ3v) is 15.4. The minimum atomic E-state index is -3.17. The average Bonchev–Trinajstić information content (AvgIpc) is 2.78. The number of halogens is 3. The Balaban J connectivity index is 2.09. The summed E-state index contributed by atoms with van der Waals surface area (Å²) in [5.41, 5.74) is 0.694. The molecule has 0 bridgehead atoms. The molecule has 146 valence electrons. The molecule has 29 heavy (non-hydrogen) atoms. The van der Waals surface area contributed by atoms with Gasteiger partial charge >= 0.3 is 188 Å². The van der Waals surface area contributed by atoms with Gasteiger partial charge in [0.2, 0.25) is 0 Å². The predicted molar refractivity (Wildman–Crippen MR) is 132 cm³/mol. The standard InChI is InChI=1S/C25H20Br2FP/c26-21-17-16-20(25(28)18-21)19-29(27,22-10-4-1-5-11-22,23-12-6-2-7-13-23)24-14-8-3-9-15-24/h1-18H,19H2. The van der Waals surface area contributed by atoms with Crippen molar-refractivity contribution in [1.29, 1.82) is 0 Å². The second-order valence-electron chi connectivity index (χ2n) is 7.08. The molecule has 0 aliphatic heterocycles. The molecule has 0 fully saturated rings. The van der Waals surface area contributed by atoms with Gasteiger partial charge in [-0.05, 0) is 0 Å². The van der Waals surface area contributed by atoms with Gasteiger partial charge in [-0.1, -0.05) is 0 Å². The first-order valence-electron chi connectivity index (χ1n) is 9.36. The topological polar surface area (TPSA) is 0 Å². The third-order valence-electron chi connectivity index (χ3n) is 5.37. The average molecular weight is 530 g/mol. The summed E-state index contributed by atoms with van der Waals surface area (Å²) >= 11 is 7.74. The quantitative estimate of drug-likeness (QED) is 0.246. The molecule has 0 unspecified atom stereocenters. The number of benzene rings is 4. The summed E-state index contributed by atoms with van der Waals surface area (Å²) in [6.07, 6.45) is 0.544. The van der Waals surface area contributed by atoms with Crippen molar-refractivity contribution in [3.63, 3.8) is 0 Å². The summed E-state index contributed by atoms with van der Waals surface area (Å²) in [6, 6.07) is 36.7. The zero-order valence-corrected chi connectivity index (χ0v) is 19.7. The Morgan fingerprint density at radius 1 is 0.621 bits per heavy atom. The molecule has 0 atom stereocenters. The second-order valence-corrected chi connectivity index (χ2v) is 16.9. The molecule has 0 saturated heterocycles. The minimum absolute atomic E-state index is 0.199. The summed E-state index contributed by atoms with van der Waals surface area (Å²) in [4.78, 5) is 0. The molecule has 4 aromatic rings. The van der Waals surface area contributed by atoms with Crippen LogP contribution in [0.15, 0.2) is 114 Å². The molecular formula is C25H20Br2FP. The van der Waals surface area contributed by atoms with E-state index in [-0.39, 0.29) is 5.82 Å². The fourth-order valence-corrected chi connectivity index (χ4v) is 11.9. The van der Waals surface area contributed by atoms with Crippen LogP contribution in [0, 0.1) is 5.82 Å². The van der Waals surface area contributed by atoms with E-state index in [1.165, 1.54) is 15.9 Å². The maximum absolute atomic E-state index is 15.1. The van der Waals surface area contributed by atoms with Crippen molar-refractivity contribution in [1.82, 2.24) is 0 Å². The molecule has 0 aliphatic carbocycles. The molecular weight excluding hydrogens is 510 g/mol. The van der Waals surface area contributed by atoms with E-state index in [0.717, 1.165) is 4.47 Å². The van der Waals surface area contributed by atoms with Crippen LogP contribution in [-0.4, -0.2) is 0 Å². The van der Waals surface area contributed by atoms with Gasteiger partial charge in [0, 0.05) is 0 Å². The fourth-order valence-electron chi connectivity index (χ4n) is 3.91. The number of hydrogen-bond acceptors (Lipinski definition) is 0. The van der Waals surface area contributed by atoms with E-state index in [9.17, 15) is 0 Å². The Morgan fingerprint density at radius 3 is 1.41 bits per heavy atom. The number of hydrogen-bond donors (Lipinski definition) is 0. The molecule has 4 rings (SSSR count). The molecule has 0 aliphatic rings. The summed E-state index contributed by atoms with van der Waals surface area (Å²) in [5, 5.41) is 0.363. The molecule has 0 amide bonds. The molecule has 0 saturated carbocycles. The fraction of sp³-hybridized carbons (Fsp3) is 0.0400. The monoisotopic (exact) mass is 528 g/mol. The van der Waals surface area contributed by atoms with Gasteiger partial charge in [-0.2, -0.15) is 0 Å². The van der Waals surface area contributed by atoms with Gasteiger partial charge in [0.25, 0.3) is 0 Å². The van der Waals surface area contributed by atoms with E-state index in [2.05, 4.69) is 104 Å². The maximum atomic E-state index is 15.1. The van der Waals surface area contributed by atoms with Crippen LogP contribution in [0.4, 0.5) is 4.39 Å². The van der Waals surface area contributed by atoms with Gasteiger partial charge in [0.1, 0.15) is 0 Å². The Morgan fingerprint density at radius 2 is 1.03 bits per heavy atom. The van der Waals surface area contributed by atoms with E-state index in [0.29, 0.717) is 11.7 Å². The van der Waals surface area contributed by atoms with Crippen molar-refractivity contribution in [3.8, 4) is 0 Å². The van der Waals surface area contributed by atoms with Gasteiger partial charge in [0.05, 0.1) is 0 Å². The van der Waals surface area contributed by atoms with Crippen molar-refractivity contribution in [2.75, 3.05) is 0 Å². The van der Waals surface area contributed by atoms with Crippen LogP contribution in [0.2, 0.25) is 0 Å². The van der Waals surface area contributed by atoms with Gasteiger partial charge in [-0.25, -0.2) is 0 Å². The van der Waals surface area contributed by atoms with E-state index < -0.39 is 5.31 Å². The Labute approximate surface area is 187 Å². The van der Waals surface area contributed by atoms with Crippen LogP contribution in [0.25, 0.3) is 0 Å². The number of rotatable bonds is 5. The molecule has 4 aromatic carbocycles. The Bertz CT molecular complexity index is 1020. The Kier molecular flexibility index (Phi) is 5.75. The van der Waals surface area contributed by atoms with Crippen LogP contribution < -0.4 is 15.9 Å². The molecule has 0 N–H and O–H groups in total. The van der Waals surface area contributed by atoms with Gasteiger partial charge < -0.3 is 0 Å². The summed E-state index contributed by atoms with van der Waals surface area (Å²) in [7, 11) is 0. The van der Waals surface area contributed by atoms with Crippen LogP contribution in [0.1, 0.15) is 5.56 Å². The van der Waals surface area contributed by atoms with E-state index in [1.54, 1.807) is 6.07 Å². The summed E-state index contributed by atoms with van der Waals surface area (Å²) in [6.45, 7) is 0. The SMILES string of the molecule is Fc1cc(Br)ccc1CP(Br)(c1ccccc1)(c1ccccc1)c1ccccc1. The molecule has 0 radical (unpaired) electrons. The zero-order chi connectivity index (χ0) is 20.3. The van der Waals surface area contributed by atoms with Crippen molar-refractivity contribution in [2.45, 2.75) is 6.16 Å². The normalized spacial score (nSPS) is 12.9. The molecule has 0 nitrogen and oxygen atoms in total. The zero-order valence-electron chi connectivity index (χ0n) is 15.7. The van der Waals surface area contributed by atoms with Crippen molar-refractivity contribution in [2.24, 2.45) is 0 Å². The molecule has 0 heterocycles. The van der Waals surface area contributed by atoms with Crippen molar-refractivity contribution >= 4 is 52.6 Å². The van der Waals surface area contributed by atoms with Crippen LogP contribution in [-0.2, 0) is 6.16 Å². The van der Waals surface area contributed by atoms with Crippen LogP contribution in [0.3, 0.4) is 0 Å². The Hall–Kier alpha value is -1.80.